The summed E-state index contributed by atoms with van der Waals surface area (Å²) in [6, 6.07) is 8.32. The van der Waals surface area contributed by atoms with Crippen LogP contribution in [0.15, 0.2) is 47.9 Å². The molecule has 4 heteroatoms. The average Bonchev–Trinajstić information content (AvgIpc) is 2.28. The molecule has 1 aromatic carbocycles. The van der Waals surface area contributed by atoms with E-state index in [4.69, 9.17) is 0 Å². The molecule has 0 aliphatic carbocycles. The maximum Gasteiger partial charge on any atom is 0.187 e. The Morgan fingerprint density at radius 2 is 1.93 bits per heavy atom. The number of hydrogen-bond donors (Lipinski definition) is 0. The minimum Gasteiger partial charge on any atom is -0.231 e. The molecule has 0 saturated carbocycles. The third-order valence-corrected chi connectivity index (χ3v) is 2.75. The Bertz CT molecular complexity index is 434. The van der Waals surface area contributed by atoms with Crippen molar-refractivity contribution in [3.8, 4) is 0 Å². The van der Waals surface area contributed by atoms with Crippen LogP contribution in [0.1, 0.15) is 5.56 Å². The SMILES string of the molecule is Fc1cccc(CSc2ncccn2)c1. The molecule has 0 fully saturated rings. The molecule has 0 unspecified atom stereocenters. The van der Waals surface area contributed by atoms with Gasteiger partial charge in [0.15, 0.2) is 5.16 Å². The first kappa shape index (κ1) is 10.1. The highest BCUT2D eigenvalue weighted by Gasteiger charge is 1.98. The molecule has 0 atom stereocenters. The first-order valence-corrected chi connectivity index (χ1v) is 5.47. The lowest BCUT2D eigenvalue weighted by Gasteiger charge is -1.99. The van der Waals surface area contributed by atoms with Crippen LogP contribution < -0.4 is 0 Å². The van der Waals surface area contributed by atoms with Crippen molar-refractivity contribution < 1.29 is 4.39 Å². The van der Waals surface area contributed by atoms with E-state index in [0.29, 0.717) is 10.9 Å². The minimum absolute atomic E-state index is 0.206. The van der Waals surface area contributed by atoms with Gasteiger partial charge in [-0.3, -0.25) is 0 Å². The Balaban J connectivity index is 1.99. The summed E-state index contributed by atoms with van der Waals surface area (Å²) in [6.45, 7) is 0. The molecule has 0 aliphatic heterocycles. The van der Waals surface area contributed by atoms with E-state index in [1.165, 1.54) is 23.9 Å². The number of aromatic nitrogens is 2. The highest BCUT2D eigenvalue weighted by atomic mass is 32.2. The average molecular weight is 220 g/mol. The first-order chi connectivity index (χ1) is 7.34. The molecule has 1 heterocycles. The van der Waals surface area contributed by atoms with Crippen LogP contribution in [0.3, 0.4) is 0 Å². The molecular weight excluding hydrogens is 211 g/mol. The van der Waals surface area contributed by atoms with Gasteiger partial charge in [-0.05, 0) is 23.8 Å². The predicted octanol–water partition coefficient (Wildman–Crippen LogP) is 2.91. The maximum atomic E-state index is 12.9. The fraction of sp³-hybridized carbons (Fsp3) is 0.0909. The molecule has 2 aromatic rings. The fourth-order valence-electron chi connectivity index (χ4n) is 1.13. The van der Waals surface area contributed by atoms with Gasteiger partial charge >= 0.3 is 0 Å². The molecule has 2 rings (SSSR count). The van der Waals surface area contributed by atoms with Crippen LogP contribution in [0.2, 0.25) is 0 Å². The molecule has 0 saturated heterocycles. The van der Waals surface area contributed by atoms with Gasteiger partial charge in [0.1, 0.15) is 5.82 Å². The van der Waals surface area contributed by atoms with E-state index in [2.05, 4.69) is 9.97 Å². The summed E-state index contributed by atoms with van der Waals surface area (Å²) in [5.74, 6) is 0.476. The van der Waals surface area contributed by atoms with Crippen LogP contribution in [-0.4, -0.2) is 9.97 Å². The monoisotopic (exact) mass is 220 g/mol. The number of rotatable bonds is 3. The molecular formula is C11H9FN2S. The van der Waals surface area contributed by atoms with Gasteiger partial charge in [-0.25, -0.2) is 14.4 Å². The van der Waals surface area contributed by atoms with E-state index < -0.39 is 0 Å². The summed E-state index contributed by atoms with van der Waals surface area (Å²) in [6.07, 6.45) is 3.39. The van der Waals surface area contributed by atoms with Crippen molar-refractivity contribution in [1.29, 1.82) is 0 Å². The van der Waals surface area contributed by atoms with Crippen LogP contribution in [-0.2, 0) is 5.75 Å². The number of hydrogen-bond acceptors (Lipinski definition) is 3. The second-order valence-electron chi connectivity index (χ2n) is 2.95. The van der Waals surface area contributed by atoms with Gasteiger partial charge in [-0.2, -0.15) is 0 Å². The van der Waals surface area contributed by atoms with Crippen LogP contribution in [0, 0.1) is 5.82 Å². The molecule has 0 spiro atoms. The number of halogens is 1. The molecule has 76 valence electrons. The Hall–Kier alpha value is -1.42. The van der Waals surface area contributed by atoms with Crippen LogP contribution in [0.5, 0.6) is 0 Å². The van der Waals surface area contributed by atoms with E-state index in [9.17, 15) is 4.39 Å². The van der Waals surface area contributed by atoms with E-state index >= 15 is 0 Å². The molecule has 1 aromatic heterocycles. The van der Waals surface area contributed by atoms with Gasteiger partial charge < -0.3 is 0 Å². The standard InChI is InChI=1S/C11H9FN2S/c12-10-4-1-3-9(7-10)8-15-11-13-5-2-6-14-11/h1-7H,8H2. The van der Waals surface area contributed by atoms with Gasteiger partial charge in [-0.1, -0.05) is 23.9 Å². The lowest BCUT2D eigenvalue weighted by molar-refractivity contribution is 0.626. The normalized spacial score (nSPS) is 10.2. The van der Waals surface area contributed by atoms with E-state index in [-0.39, 0.29) is 5.82 Å². The fourth-order valence-corrected chi connectivity index (χ4v) is 1.88. The first-order valence-electron chi connectivity index (χ1n) is 4.49. The minimum atomic E-state index is -0.206. The third kappa shape index (κ3) is 3.02. The van der Waals surface area contributed by atoms with Gasteiger partial charge in [-0.15, -0.1) is 0 Å². The summed E-state index contributed by atoms with van der Waals surface area (Å²) >= 11 is 1.49. The number of benzene rings is 1. The van der Waals surface area contributed by atoms with E-state index in [1.807, 2.05) is 6.07 Å². The van der Waals surface area contributed by atoms with Crippen molar-refractivity contribution >= 4 is 11.8 Å². The zero-order valence-electron chi connectivity index (χ0n) is 7.93. The second kappa shape index (κ2) is 4.89. The van der Waals surface area contributed by atoms with Crippen molar-refractivity contribution in [2.45, 2.75) is 10.9 Å². The van der Waals surface area contributed by atoms with Crippen molar-refractivity contribution in [2.75, 3.05) is 0 Å². The molecule has 0 aliphatic rings. The predicted molar refractivity (Wildman–Crippen MR) is 58.0 cm³/mol. The lowest BCUT2D eigenvalue weighted by atomic mass is 10.2. The number of nitrogens with zero attached hydrogens (tertiary/aromatic N) is 2. The van der Waals surface area contributed by atoms with Crippen LogP contribution in [0.25, 0.3) is 0 Å². The summed E-state index contributed by atoms with van der Waals surface area (Å²) in [7, 11) is 0. The maximum absolute atomic E-state index is 12.9. The zero-order chi connectivity index (χ0) is 10.5. The van der Waals surface area contributed by atoms with Gasteiger partial charge in [0.25, 0.3) is 0 Å². The van der Waals surface area contributed by atoms with Gasteiger partial charge in [0, 0.05) is 18.1 Å². The molecule has 2 nitrogen and oxygen atoms in total. The Kier molecular flexibility index (Phi) is 3.29. The number of thioether (sulfide) groups is 1. The van der Waals surface area contributed by atoms with Gasteiger partial charge in [0.2, 0.25) is 0 Å². The molecule has 0 N–H and O–H groups in total. The highest BCUT2D eigenvalue weighted by Crippen LogP contribution is 2.18. The van der Waals surface area contributed by atoms with Crippen LogP contribution in [0.4, 0.5) is 4.39 Å². The smallest absolute Gasteiger partial charge is 0.187 e. The Morgan fingerprint density at radius 3 is 2.67 bits per heavy atom. The van der Waals surface area contributed by atoms with E-state index in [0.717, 1.165) is 5.56 Å². The quantitative estimate of drug-likeness (QED) is 0.587. The van der Waals surface area contributed by atoms with Gasteiger partial charge in [0.05, 0.1) is 0 Å². The molecule has 0 amide bonds. The Labute approximate surface area is 91.6 Å². The van der Waals surface area contributed by atoms with Crippen molar-refractivity contribution in [3.63, 3.8) is 0 Å². The Morgan fingerprint density at radius 1 is 1.13 bits per heavy atom. The van der Waals surface area contributed by atoms with Crippen molar-refractivity contribution in [2.24, 2.45) is 0 Å². The van der Waals surface area contributed by atoms with E-state index in [1.54, 1.807) is 24.5 Å². The summed E-state index contributed by atoms with van der Waals surface area (Å²) in [4.78, 5) is 8.15. The summed E-state index contributed by atoms with van der Waals surface area (Å²) < 4.78 is 12.9. The largest absolute Gasteiger partial charge is 0.231 e. The summed E-state index contributed by atoms with van der Waals surface area (Å²) in [5.41, 5.74) is 0.937. The highest BCUT2D eigenvalue weighted by molar-refractivity contribution is 7.98. The topological polar surface area (TPSA) is 25.8 Å². The van der Waals surface area contributed by atoms with Crippen molar-refractivity contribution in [1.82, 2.24) is 9.97 Å². The molecule has 15 heavy (non-hydrogen) atoms. The molecule has 0 radical (unpaired) electrons. The summed E-state index contributed by atoms with van der Waals surface area (Å²) in [5, 5.41) is 0.710. The lowest BCUT2D eigenvalue weighted by Crippen LogP contribution is -1.86. The molecule has 0 bridgehead atoms. The third-order valence-electron chi connectivity index (χ3n) is 1.80. The zero-order valence-corrected chi connectivity index (χ0v) is 8.75. The van der Waals surface area contributed by atoms with Crippen LogP contribution >= 0.6 is 11.8 Å². The second-order valence-corrected chi connectivity index (χ2v) is 3.89. The van der Waals surface area contributed by atoms with Crippen molar-refractivity contribution in [3.05, 3.63) is 54.1 Å².